The number of hydrogen-bond acceptors (Lipinski definition) is 7. The largest absolute Gasteiger partial charge is 0.493 e. The van der Waals surface area contributed by atoms with E-state index in [1.54, 1.807) is 18.2 Å². The van der Waals surface area contributed by atoms with Gasteiger partial charge < -0.3 is 23.9 Å². The number of nitrogens with zero attached hydrogens (tertiary/aromatic N) is 2. The van der Waals surface area contributed by atoms with Crippen LogP contribution >= 0.6 is 0 Å². The molecule has 0 radical (unpaired) electrons. The van der Waals surface area contributed by atoms with Crippen LogP contribution in [0.5, 0.6) is 23.0 Å². The molecule has 0 amide bonds. The van der Waals surface area contributed by atoms with Crippen LogP contribution in [0.4, 0.5) is 5.69 Å². The first kappa shape index (κ1) is 19.8. The van der Waals surface area contributed by atoms with Crippen molar-refractivity contribution in [3.05, 3.63) is 57.1 Å². The lowest BCUT2D eigenvalue weighted by Gasteiger charge is -2.15. The van der Waals surface area contributed by atoms with Crippen molar-refractivity contribution in [2.45, 2.75) is 0 Å². The fourth-order valence-electron chi connectivity index (χ4n) is 3.03. The molecule has 3 rings (SSSR count). The third-order valence-corrected chi connectivity index (χ3v) is 4.35. The van der Waals surface area contributed by atoms with Crippen molar-refractivity contribution >= 4 is 5.69 Å². The van der Waals surface area contributed by atoms with Crippen LogP contribution < -0.4 is 24.6 Å². The second kappa shape index (κ2) is 7.97. The van der Waals surface area contributed by atoms with Crippen molar-refractivity contribution in [1.29, 1.82) is 0 Å². The van der Waals surface area contributed by atoms with Gasteiger partial charge in [0.2, 0.25) is 5.75 Å². The average Bonchev–Trinajstić information content (AvgIpc) is 3.13. The number of nitro benzene ring substituents is 1. The van der Waals surface area contributed by atoms with Crippen LogP contribution in [-0.2, 0) is 0 Å². The van der Waals surface area contributed by atoms with E-state index in [4.69, 9.17) is 18.9 Å². The van der Waals surface area contributed by atoms with Gasteiger partial charge in [-0.2, -0.15) is 0 Å². The molecule has 10 nitrogen and oxygen atoms in total. The van der Waals surface area contributed by atoms with E-state index in [0.29, 0.717) is 34.2 Å². The van der Waals surface area contributed by atoms with Crippen LogP contribution in [0.3, 0.4) is 0 Å². The lowest BCUT2D eigenvalue weighted by Crippen LogP contribution is -2.16. The van der Waals surface area contributed by atoms with E-state index < -0.39 is 10.6 Å². The van der Waals surface area contributed by atoms with Crippen LogP contribution in [0.15, 0.2) is 41.3 Å². The number of nitrogens with one attached hydrogen (secondary N) is 1. The van der Waals surface area contributed by atoms with E-state index in [0.717, 1.165) is 0 Å². The van der Waals surface area contributed by atoms with Gasteiger partial charge in [0.1, 0.15) is 0 Å². The first-order valence-electron chi connectivity index (χ1n) is 8.38. The average molecular weight is 401 g/mol. The van der Waals surface area contributed by atoms with Gasteiger partial charge in [0, 0.05) is 17.8 Å². The first-order chi connectivity index (χ1) is 13.9. The van der Waals surface area contributed by atoms with E-state index in [-0.39, 0.29) is 11.4 Å². The van der Waals surface area contributed by atoms with E-state index in [1.165, 1.54) is 51.3 Å². The molecule has 1 heterocycles. The van der Waals surface area contributed by atoms with Crippen molar-refractivity contribution < 1.29 is 23.9 Å². The standard InChI is InChI=1S/C19H19N3O7/c1-26-15-6-5-12(9-13(15)22(24)25)21-14(10-20-19(21)23)11-7-16(27-2)18(29-4)17(8-11)28-3/h5-10H,1-4H3,(H,20,23). The molecule has 3 aromatic rings. The molecule has 0 aliphatic rings. The molecular weight excluding hydrogens is 382 g/mol. The van der Waals surface area contributed by atoms with Gasteiger partial charge in [-0.05, 0) is 24.3 Å². The fourth-order valence-corrected chi connectivity index (χ4v) is 3.03. The van der Waals surface area contributed by atoms with Crippen molar-refractivity contribution in [3.63, 3.8) is 0 Å². The number of aromatic amines is 1. The number of imidazole rings is 1. The number of rotatable bonds is 7. The molecule has 0 aliphatic carbocycles. The number of benzene rings is 2. The number of aromatic nitrogens is 2. The maximum Gasteiger partial charge on any atom is 0.330 e. The Morgan fingerprint density at radius 1 is 0.931 bits per heavy atom. The molecule has 1 aromatic heterocycles. The molecule has 0 bridgehead atoms. The van der Waals surface area contributed by atoms with Crippen molar-refractivity contribution in [2.24, 2.45) is 0 Å². The Kier molecular flexibility index (Phi) is 5.44. The highest BCUT2D eigenvalue weighted by Crippen LogP contribution is 2.41. The Morgan fingerprint density at radius 2 is 1.55 bits per heavy atom. The summed E-state index contributed by atoms with van der Waals surface area (Å²) in [6.45, 7) is 0. The van der Waals surface area contributed by atoms with Crippen LogP contribution in [0.25, 0.3) is 16.9 Å². The minimum absolute atomic E-state index is 0.0941. The van der Waals surface area contributed by atoms with Gasteiger partial charge in [-0.1, -0.05) is 0 Å². The number of ether oxygens (including phenoxy) is 4. The molecule has 0 spiro atoms. The number of nitro groups is 1. The Bertz CT molecular complexity index is 1090. The minimum atomic E-state index is -0.570. The maximum atomic E-state index is 12.5. The summed E-state index contributed by atoms with van der Waals surface area (Å²) in [5.74, 6) is 1.31. The molecule has 0 saturated heterocycles. The maximum absolute atomic E-state index is 12.5. The molecule has 1 N–H and O–H groups in total. The van der Waals surface area contributed by atoms with Gasteiger partial charge in [-0.25, -0.2) is 4.79 Å². The SMILES string of the molecule is COc1ccc(-n2c(-c3cc(OC)c(OC)c(OC)c3)c[nH]c2=O)cc1[N+](=O)[O-]. The topological polar surface area (TPSA) is 118 Å². The van der Waals surface area contributed by atoms with Crippen LogP contribution in [-0.4, -0.2) is 42.9 Å². The van der Waals surface area contributed by atoms with Gasteiger partial charge >= 0.3 is 11.4 Å². The number of methoxy groups -OCH3 is 4. The molecule has 0 saturated carbocycles. The summed E-state index contributed by atoms with van der Waals surface area (Å²) in [6.07, 6.45) is 1.50. The molecular formula is C19H19N3O7. The molecule has 2 aromatic carbocycles. The lowest BCUT2D eigenvalue weighted by molar-refractivity contribution is -0.385. The lowest BCUT2D eigenvalue weighted by atomic mass is 10.1. The Morgan fingerprint density at radius 3 is 2.07 bits per heavy atom. The monoisotopic (exact) mass is 401 g/mol. The van der Waals surface area contributed by atoms with Gasteiger partial charge in [-0.15, -0.1) is 0 Å². The number of hydrogen-bond donors (Lipinski definition) is 1. The quantitative estimate of drug-likeness (QED) is 0.478. The predicted octanol–water partition coefficient (Wildman–Crippen LogP) is 2.78. The second-order valence-electron chi connectivity index (χ2n) is 5.84. The predicted molar refractivity (Wildman–Crippen MR) is 105 cm³/mol. The normalized spacial score (nSPS) is 10.5. The highest BCUT2D eigenvalue weighted by molar-refractivity contribution is 5.70. The van der Waals surface area contributed by atoms with E-state index in [1.807, 2.05) is 0 Å². The van der Waals surface area contributed by atoms with E-state index in [2.05, 4.69) is 4.98 Å². The summed E-state index contributed by atoms with van der Waals surface area (Å²) in [6, 6.07) is 7.63. The summed E-state index contributed by atoms with van der Waals surface area (Å²) in [5, 5.41) is 11.4. The Labute approximate surface area is 165 Å². The number of H-pyrrole nitrogens is 1. The zero-order chi connectivity index (χ0) is 21.1. The highest BCUT2D eigenvalue weighted by Gasteiger charge is 2.21. The summed E-state index contributed by atoms with van der Waals surface area (Å²) in [5.41, 5.74) is 0.611. The van der Waals surface area contributed by atoms with E-state index >= 15 is 0 Å². The smallest absolute Gasteiger partial charge is 0.330 e. The van der Waals surface area contributed by atoms with Crippen molar-refractivity contribution in [1.82, 2.24) is 9.55 Å². The minimum Gasteiger partial charge on any atom is -0.493 e. The first-order valence-corrected chi connectivity index (χ1v) is 8.38. The Hall–Kier alpha value is -3.95. The molecule has 10 heteroatoms. The highest BCUT2D eigenvalue weighted by atomic mass is 16.6. The molecule has 0 atom stereocenters. The van der Waals surface area contributed by atoms with Crippen molar-refractivity contribution in [3.8, 4) is 39.9 Å². The molecule has 0 unspecified atom stereocenters. The Balaban J connectivity index is 2.24. The molecule has 0 aliphatic heterocycles. The van der Waals surface area contributed by atoms with Gasteiger partial charge in [0.25, 0.3) is 0 Å². The molecule has 0 fully saturated rings. The second-order valence-corrected chi connectivity index (χ2v) is 5.84. The van der Waals surface area contributed by atoms with Gasteiger partial charge in [0.05, 0.1) is 44.7 Å². The molecule has 152 valence electrons. The zero-order valence-corrected chi connectivity index (χ0v) is 16.2. The summed E-state index contributed by atoms with van der Waals surface area (Å²) >= 11 is 0. The third-order valence-electron chi connectivity index (χ3n) is 4.35. The van der Waals surface area contributed by atoms with Crippen LogP contribution in [0.1, 0.15) is 0 Å². The summed E-state index contributed by atoms with van der Waals surface area (Å²) < 4.78 is 22.4. The zero-order valence-electron chi connectivity index (χ0n) is 16.2. The van der Waals surface area contributed by atoms with Crippen molar-refractivity contribution in [2.75, 3.05) is 28.4 Å². The summed E-state index contributed by atoms with van der Waals surface area (Å²) in [7, 11) is 5.80. The molecule has 29 heavy (non-hydrogen) atoms. The fraction of sp³-hybridized carbons (Fsp3) is 0.211. The third kappa shape index (κ3) is 3.47. The van der Waals surface area contributed by atoms with Gasteiger partial charge in [0.15, 0.2) is 17.2 Å². The van der Waals surface area contributed by atoms with E-state index in [9.17, 15) is 14.9 Å². The van der Waals surface area contributed by atoms with Crippen LogP contribution in [0, 0.1) is 10.1 Å². The van der Waals surface area contributed by atoms with Crippen LogP contribution in [0.2, 0.25) is 0 Å². The summed E-state index contributed by atoms with van der Waals surface area (Å²) in [4.78, 5) is 25.9. The van der Waals surface area contributed by atoms with Gasteiger partial charge in [-0.3, -0.25) is 14.7 Å².